The number of rotatable bonds is 6. The molecule has 1 aromatic rings. The Morgan fingerprint density at radius 2 is 2.07 bits per heavy atom. The number of aromatic nitrogens is 2. The highest BCUT2D eigenvalue weighted by atomic mass is 32.1. The number of nitrogens with one attached hydrogen (secondary N) is 1. The van der Waals surface area contributed by atoms with Gasteiger partial charge in [-0.3, -0.25) is 0 Å². The smallest absolute Gasteiger partial charge is 0.0772 e. The van der Waals surface area contributed by atoms with E-state index in [1.165, 1.54) is 35.7 Å². The van der Waals surface area contributed by atoms with E-state index >= 15 is 0 Å². The quantitative estimate of drug-likeness (QED) is 0.812. The number of aryl methyl sites for hydroxylation is 1. The van der Waals surface area contributed by atoms with Crippen molar-refractivity contribution in [3.63, 3.8) is 0 Å². The molecular formula is C11H21N3S. The third kappa shape index (κ3) is 3.87. The molecule has 0 radical (unpaired) electrons. The van der Waals surface area contributed by atoms with E-state index in [9.17, 15) is 0 Å². The molecule has 1 N–H and O–H groups in total. The van der Waals surface area contributed by atoms with Crippen LogP contribution in [0.1, 0.15) is 49.7 Å². The first-order valence-electron chi connectivity index (χ1n) is 5.61. The molecule has 4 heteroatoms. The number of hydrogen-bond acceptors (Lipinski definition) is 4. The lowest BCUT2D eigenvalue weighted by Gasteiger charge is -2.14. The molecule has 0 bridgehead atoms. The molecular weight excluding hydrogens is 206 g/mol. The maximum absolute atomic E-state index is 4.06. The van der Waals surface area contributed by atoms with Crippen molar-refractivity contribution in [2.75, 3.05) is 7.05 Å². The summed E-state index contributed by atoms with van der Waals surface area (Å²) in [5, 5.41) is 7.41. The van der Waals surface area contributed by atoms with Gasteiger partial charge in [-0.15, -0.1) is 5.10 Å². The third-order valence-corrected chi connectivity index (χ3v) is 3.57. The minimum Gasteiger partial charge on any atom is -0.312 e. The molecule has 1 heterocycles. The maximum atomic E-state index is 4.06. The second-order valence-electron chi connectivity index (χ2n) is 4.39. The summed E-state index contributed by atoms with van der Waals surface area (Å²) < 4.78 is 3.99. The lowest BCUT2D eigenvalue weighted by molar-refractivity contribution is 0.473. The van der Waals surface area contributed by atoms with Gasteiger partial charge in [0, 0.05) is 6.04 Å². The number of nitrogens with zero attached hydrogens (tertiary/aromatic N) is 2. The van der Waals surface area contributed by atoms with Crippen LogP contribution in [0.5, 0.6) is 0 Å². The summed E-state index contributed by atoms with van der Waals surface area (Å²) in [7, 11) is 2.01. The van der Waals surface area contributed by atoms with Gasteiger partial charge in [-0.05, 0) is 37.8 Å². The van der Waals surface area contributed by atoms with Crippen LogP contribution in [0, 0.1) is 12.8 Å². The van der Waals surface area contributed by atoms with Crippen LogP contribution in [-0.2, 0) is 0 Å². The van der Waals surface area contributed by atoms with E-state index in [0.717, 1.165) is 11.6 Å². The predicted molar refractivity (Wildman–Crippen MR) is 65.1 cm³/mol. The summed E-state index contributed by atoms with van der Waals surface area (Å²) in [6, 6.07) is 0.434. The summed E-state index contributed by atoms with van der Waals surface area (Å²) in [6.45, 7) is 6.58. The Morgan fingerprint density at radius 3 is 2.53 bits per heavy atom. The van der Waals surface area contributed by atoms with Gasteiger partial charge >= 0.3 is 0 Å². The fraction of sp³-hybridized carbons (Fsp3) is 0.818. The fourth-order valence-electron chi connectivity index (χ4n) is 1.69. The summed E-state index contributed by atoms with van der Waals surface area (Å²) in [5.41, 5.74) is 1.07. The molecule has 3 nitrogen and oxygen atoms in total. The molecule has 0 fully saturated rings. The summed E-state index contributed by atoms with van der Waals surface area (Å²) in [5.74, 6) is 0.795. The third-order valence-electron chi connectivity index (χ3n) is 2.63. The van der Waals surface area contributed by atoms with Gasteiger partial charge in [0.1, 0.15) is 0 Å². The molecule has 1 atom stereocenters. The zero-order valence-corrected chi connectivity index (χ0v) is 10.9. The molecule has 0 spiro atoms. The van der Waals surface area contributed by atoms with Crippen LogP contribution in [-0.4, -0.2) is 16.6 Å². The Bertz CT molecular complexity index is 283. The van der Waals surface area contributed by atoms with Crippen LogP contribution in [0.2, 0.25) is 0 Å². The average molecular weight is 227 g/mol. The van der Waals surface area contributed by atoms with E-state index in [2.05, 4.69) is 28.8 Å². The van der Waals surface area contributed by atoms with Crippen molar-refractivity contribution in [2.45, 2.75) is 46.1 Å². The van der Waals surface area contributed by atoms with Gasteiger partial charge in [0.25, 0.3) is 0 Å². The van der Waals surface area contributed by atoms with Crippen LogP contribution in [0.25, 0.3) is 0 Å². The molecule has 0 aliphatic carbocycles. The molecule has 0 saturated heterocycles. The molecule has 15 heavy (non-hydrogen) atoms. The van der Waals surface area contributed by atoms with Crippen LogP contribution >= 0.6 is 11.5 Å². The zero-order chi connectivity index (χ0) is 11.3. The van der Waals surface area contributed by atoms with Gasteiger partial charge in [-0.1, -0.05) is 31.2 Å². The average Bonchev–Trinajstić information content (AvgIpc) is 2.59. The molecule has 1 aromatic heterocycles. The topological polar surface area (TPSA) is 37.8 Å². The SMILES string of the molecule is CNC(CCCC(C)C)c1snnc1C. The van der Waals surface area contributed by atoms with Crippen LogP contribution in [0.3, 0.4) is 0 Å². The standard InChI is InChI=1S/C11H21N3S/c1-8(2)6-5-7-10(12-4)11-9(3)13-14-15-11/h8,10,12H,5-7H2,1-4H3. The van der Waals surface area contributed by atoms with Gasteiger partial charge in [0.15, 0.2) is 0 Å². The van der Waals surface area contributed by atoms with Gasteiger partial charge in [-0.25, -0.2) is 0 Å². The largest absolute Gasteiger partial charge is 0.312 e. The van der Waals surface area contributed by atoms with Crippen molar-refractivity contribution >= 4 is 11.5 Å². The van der Waals surface area contributed by atoms with Crippen molar-refractivity contribution < 1.29 is 0 Å². The normalized spacial score (nSPS) is 13.4. The zero-order valence-electron chi connectivity index (χ0n) is 10.1. The monoisotopic (exact) mass is 227 g/mol. The van der Waals surface area contributed by atoms with E-state index in [0.29, 0.717) is 6.04 Å². The Balaban J connectivity index is 2.46. The van der Waals surface area contributed by atoms with Gasteiger partial charge in [-0.2, -0.15) is 0 Å². The summed E-state index contributed by atoms with van der Waals surface area (Å²) in [6.07, 6.45) is 3.74. The van der Waals surface area contributed by atoms with Gasteiger partial charge in [0.05, 0.1) is 10.6 Å². The van der Waals surface area contributed by atoms with Crippen molar-refractivity contribution in [3.05, 3.63) is 10.6 Å². The lowest BCUT2D eigenvalue weighted by Crippen LogP contribution is -2.16. The number of hydrogen-bond donors (Lipinski definition) is 1. The second-order valence-corrected chi connectivity index (χ2v) is 5.17. The Labute approximate surface area is 96.5 Å². The highest BCUT2D eigenvalue weighted by Crippen LogP contribution is 2.24. The molecule has 0 aliphatic rings. The Morgan fingerprint density at radius 1 is 1.33 bits per heavy atom. The highest BCUT2D eigenvalue weighted by molar-refractivity contribution is 7.05. The summed E-state index contributed by atoms with van der Waals surface area (Å²) >= 11 is 1.52. The first kappa shape index (κ1) is 12.6. The van der Waals surface area contributed by atoms with Gasteiger partial charge in [0.2, 0.25) is 0 Å². The van der Waals surface area contributed by atoms with Crippen LogP contribution in [0.15, 0.2) is 0 Å². The predicted octanol–water partition coefficient (Wildman–Crippen LogP) is 2.93. The van der Waals surface area contributed by atoms with Gasteiger partial charge < -0.3 is 5.32 Å². The minimum atomic E-state index is 0.434. The van der Waals surface area contributed by atoms with E-state index in [1.54, 1.807) is 0 Å². The Kier molecular flexibility index (Phi) is 5.19. The molecule has 0 saturated carbocycles. The van der Waals surface area contributed by atoms with E-state index in [-0.39, 0.29) is 0 Å². The second kappa shape index (κ2) is 6.18. The molecule has 1 unspecified atom stereocenters. The van der Waals surface area contributed by atoms with Crippen molar-refractivity contribution in [1.82, 2.24) is 14.9 Å². The van der Waals surface area contributed by atoms with Crippen LogP contribution in [0.4, 0.5) is 0 Å². The summed E-state index contributed by atoms with van der Waals surface area (Å²) in [4.78, 5) is 1.29. The molecule has 0 aromatic carbocycles. The van der Waals surface area contributed by atoms with E-state index in [4.69, 9.17) is 0 Å². The lowest BCUT2D eigenvalue weighted by atomic mass is 10.0. The maximum Gasteiger partial charge on any atom is 0.0772 e. The molecule has 0 aliphatic heterocycles. The van der Waals surface area contributed by atoms with E-state index in [1.807, 2.05) is 14.0 Å². The highest BCUT2D eigenvalue weighted by Gasteiger charge is 2.14. The first-order valence-corrected chi connectivity index (χ1v) is 6.38. The Hall–Kier alpha value is -0.480. The van der Waals surface area contributed by atoms with E-state index < -0.39 is 0 Å². The van der Waals surface area contributed by atoms with Crippen molar-refractivity contribution in [3.8, 4) is 0 Å². The molecule has 1 rings (SSSR count). The molecule has 0 amide bonds. The molecule has 86 valence electrons. The first-order chi connectivity index (χ1) is 7.15. The van der Waals surface area contributed by atoms with Crippen molar-refractivity contribution in [2.24, 2.45) is 5.92 Å². The fourth-order valence-corrected chi connectivity index (χ4v) is 2.48. The minimum absolute atomic E-state index is 0.434. The van der Waals surface area contributed by atoms with Crippen LogP contribution < -0.4 is 5.32 Å². The van der Waals surface area contributed by atoms with Crippen molar-refractivity contribution in [1.29, 1.82) is 0 Å².